The fourth-order valence-electron chi connectivity index (χ4n) is 4.54. The van der Waals surface area contributed by atoms with Crippen molar-refractivity contribution in [3.05, 3.63) is 47.0 Å². The first-order valence-electron chi connectivity index (χ1n) is 8.98. The highest BCUT2D eigenvalue weighted by atomic mass is 16.7. The smallest absolute Gasteiger partial charge is 0.160 e. The molecule has 144 valence electrons. The van der Waals surface area contributed by atoms with Gasteiger partial charge in [0.15, 0.2) is 29.3 Å². The van der Waals surface area contributed by atoms with Crippen LogP contribution in [0.4, 0.5) is 0 Å². The van der Waals surface area contributed by atoms with Gasteiger partial charge < -0.3 is 29.2 Å². The van der Waals surface area contributed by atoms with Gasteiger partial charge in [0, 0.05) is 24.9 Å². The minimum atomic E-state index is -0.260. The van der Waals surface area contributed by atoms with E-state index in [9.17, 15) is 10.2 Å². The van der Waals surface area contributed by atoms with Gasteiger partial charge in [-0.2, -0.15) is 0 Å². The Morgan fingerprint density at radius 1 is 0.926 bits per heavy atom. The Balaban J connectivity index is 1.87. The summed E-state index contributed by atoms with van der Waals surface area (Å²) in [5, 5.41) is 20.4. The minimum Gasteiger partial charge on any atom is -0.504 e. The van der Waals surface area contributed by atoms with E-state index in [0.29, 0.717) is 18.1 Å². The summed E-state index contributed by atoms with van der Waals surface area (Å²) in [6.07, 6.45) is 0.533. The van der Waals surface area contributed by atoms with Gasteiger partial charge in [-0.3, -0.25) is 0 Å². The molecule has 2 unspecified atom stereocenters. The molecular formula is C21H24O6. The van der Waals surface area contributed by atoms with E-state index in [1.165, 1.54) is 7.11 Å². The molecule has 0 saturated carbocycles. The van der Waals surface area contributed by atoms with E-state index in [1.807, 2.05) is 18.2 Å². The Morgan fingerprint density at radius 2 is 1.67 bits per heavy atom. The van der Waals surface area contributed by atoms with Gasteiger partial charge in [0.05, 0.1) is 20.8 Å². The van der Waals surface area contributed by atoms with Gasteiger partial charge in [0.1, 0.15) is 0 Å². The van der Waals surface area contributed by atoms with Crippen LogP contribution >= 0.6 is 0 Å². The van der Waals surface area contributed by atoms with Crippen molar-refractivity contribution in [1.29, 1.82) is 0 Å². The molecule has 1 aliphatic heterocycles. The molecule has 1 aliphatic carbocycles. The second-order valence-electron chi connectivity index (χ2n) is 7.10. The molecule has 1 saturated heterocycles. The lowest BCUT2D eigenvalue weighted by Crippen LogP contribution is -2.33. The Morgan fingerprint density at radius 3 is 2.37 bits per heavy atom. The molecule has 4 rings (SSSR count). The largest absolute Gasteiger partial charge is 0.504 e. The second-order valence-corrected chi connectivity index (χ2v) is 7.10. The summed E-state index contributed by atoms with van der Waals surface area (Å²) in [7, 11) is 4.75. The lowest BCUT2D eigenvalue weighted by atomic mass is 9.67. The molecule has 4 atom stereocenters. The number of rotatable bonds is 4. The van der Waals surface area contributed by atoms with Crippen molar-refractivity contribution >= 4 is 0 Å². The zero-order valence-electron chi connectivity index (χ0n) is 15.6. The summed E-state index contributed by atoms with van der Waals surface area (Å²) in [6.45, 7) is 0.573. The van der Waals surface area contributed by atoms with Crippen molar-refractivity contribution in [1.82, 2.24) is 0 Å². The normalized spacial score (nSPS) is 26.3. The van der Waals surface area contributed by atoms with E-state index in [-0.39, 0.29) is 35.5 Å². The molecule has 6 heteroatoms. The monoisotopic (exact) mass is 372 g/mol. The predicted octanol–water partition coefficient (Wildman–Crippen LogP) is 3.04. The Hall–Kier alpha value is -2.44. The summed E-state index contributed by atoms with van der Waals surface area (Å²) >= 11 is 0. The SMILES string of the molecule is COc1cc(C2c3cc(O)c(OC)cc3C[C@H]3C(OC)OC[C@H]23)ccc1O. The van der Waals surface area contributed by atoms with E-state index < -0.39 is 0 Å². The average Bonchev–Trinajstić information content (AvgIpc) is 3.09. The summed E-state index contributed by atoms with van der Waals surface area (Å²) in [4.78, 5) is 0. The number of aromatic hydroxyl groups is 2. The van der Waals surface area contributed by atoms with Crippen LogP contribution in [0.15, 0.2) is 30.3 Å². The first-order chi connectivity index (χ1) is 13.1. The van der Waals surface area contributed by atoms with Gasteiger partial charge in [0.2, 0.25) is 0 Å². The molecule has 2 aromatic rings. The standard InChI is InChI=1S/C21H24O6/c1-24-18-7-11(4-5-16(18)22)20-13-9-17(23)19(25-2)8-12(13)6-14-15(20)10-27-21(14)26-3/h4-5,7-9,14-15,20-23H,6,10H2,1-3H3/t14-,15+,20?,21?/m1/s1. The van der Waals surface area contributed by atoms with Crippen molar-refractivity contribution in [3.63, 3.8) is 0 Å². The van der Waals surface area contributed by atoms with Crippen molar-refractivity contribution in [2.45, 2.75) is 18.6 Å². The van der Waals surface area contributed by atoms with Crippen LogP contribution in [-0.2, 0) is 15.9 Å². The number of hydrogen-bond acceptors (Lipinski definition) is 6. The van der Waals surface area contributed by atoms with Gasteiger partial charge in [-0.1, -0.05) is 6.07 Å². The van der Waals surface area contributed by atoms with Crippen LogP contribution in [0.2, 0.25) is 0 Å². The molecule has 27 heavy (non-hydrogen) atoms. The molecule has 2 N–H and O–H groups in total. The molecular weight excluding hydrogens is 348 g/mol. The van der Waals surface area contributed by atoms with E-state index in [2.05, 4.69) is 0 Å². The molecule has 2 aromatic carbocycles. The molecule has 0 spiro atoms. The first kappa shape index (κ1) is 17.9. The van der Waals surface area contributed by atoms with Crippen LogP contribution in [-0.4, -0.2) is 44.4 Å². The third-order valence-electron chi connectivity index (χ3n) is 5.81. The highest BCUT2D eigenvalue weighted by Crippen LogP contribution is 2.51. The molecule has 0 aromatic heterocycles. The van der Waals surface area contributed by atoms with Crippen molar-refractivity contribution in [2.75, 3.05) is 27.9 Å². The van der Waals surface area contributed by atoms with Gasteiger partial charge >= 0.3 is 0 Å². The zero-order chi connectivity index (χ0) is 19.1. The number of methoxy groups -OCH3 is 3. The number of hydrogen-bond donors (Lipinski definition) is 2. The summed E-state index contributed by atoms with van der Waals surface area (Å²) in [5.74, 6) is 1.49. The quantitative estimate of drug-likeness (QED) is 0.859. The Kier molecular flexibility index (Phi) is 4.61. The van der Waals surface area contributed by atoms with Gasteiger partial charge in [-0.15, -0.1) is 0 Å². The van der Waals surface area contributed by atoms with Crippen LogP contribution in [0, 0.1) is 11.8 Å². The fraction of sp³-hybridized carbons (Fsp3) is 0.429. The van der Waals surface area contributed by atoms with Gasteiger partial charge in [-0.25, -0.2) is 0 Å². The lowest BCUT2D eigenvalue weighted by Gasteiger charge is -2.36. The summed E-state index contributed by atoms with van der Waals surface area (Å²) in [6, 6.07) is 9.08. The molecule has 0 radical (unpaired) electrons. The second kappa shape index (κ2) is 6.94. The van der Waals surface area contributed by atoms with Crippen LogP contribution in [0.3, 0.4) is 0 Å². The van der Waals surface area contributed by atoms with Crippen molar-refractivity contribution in [2.24, 2.45) is 11.8 Å². The molecule has 0 amide bonds. The Bertz CT molecular complexity index is 849. The summed E-state index contributed by atoms with van der Waals surface area (Å²) < 4.78 is 22.1. The van der Waals surface area contributed by atoms with Crippen molar-refractivity contribution in [3.8, 4) is 23.0 Å². The minimum absolute atomic E-state index is 0.00907. The molecule has 6 nitrogen and oxygen atoms in total. The average molecular weight is 372 g/mol. The van der Waals surface area contributed by atoms with Crippen LogP contribution < -0.4 is 9.47 Å². The number of phenols is 2. The van der Waals surface area contributed by atoms with Gasteiger partial charge in [0.25, 0.3) is 0 Å². The maximum Gasteiger partial charge on any atom is 0.160 e. The lowest BCUT2D eigenvalue weighted by molar-refractivity contribution is -0.110. The van der Waals surface area contributed by atoms with Gasteiger partial charge in [-0.05, 0) is 47.4 Å². The predicted molar refractivity (Wildman–Crippen MR) is 98.6 cm³/mol. The Labute approximate surface area is 158 Å². The van der Waals surface area contributed by atoms with E-state index >= 15 is 0 Å². The molecule has 2 aliphatic rings. The molecule has 0 bridgehead atoms. The topological polar surface area (TPSA) is 77.4 Å². The van der Waals surface area contributed by atoms with Crippen molar-refractivity contribution < 1.29 is 29.2 Å². The highest BCUT2D eigenvalue weighted by molar-refractivity contribution is 5.53. The molecule has 1 heterocycles. The third-order valence-corrected chi connectivity index (χ3v) is 5.81. The maximum atomic E-state index is 10.4. The highest BCUT2D eigenvalue weighted by Gasteiger charge is 2.47. The van der Waals surface area contributed by atoms with Crippen LogP contribution in [0.25, 0.3) is 0 Å². The summed E-state index contributed by atoms with van der Waals surface area (Å²) in [5.41, 5.74) is 3.16. The number of ether oxygens (including phenoxy) is 4. The van der Waals surface area contributed by atoms with Crippen LogP contribution in [0.5, 0.6) is 23.0 Å². The van der Waals surface area contributed by atoms with E-state index in [4.69, 9.17) is 18.9 Å². The van der Waals surface area contributed by atoms with E-state index in [1.54, 1.807) is 26.4 Å². The molecule has 1 fully saturated rings. The maximum absolute atomic E-state index is 10.4. The number of benzene rings is 2. The zero-order valence-corrected chi connectivity index (χ0v) is 15.6. The van der Waals surface area contributed by atoms with Crippen LogP contribution in [0.1, 0.15) is 22.6 Å². The number of fused-ring (bicyclic) bond motifs is 2. The fourth-order valence-corrected chi connectivity index (χ4v) is 4.54. The third kappa shape index (κ3) is 2.89. The van der Waals surface area contributed by atoms with E-state index in [0.717, 1.165) is 23.1 Å². The first-order valence-corrected chi connectivity index (χ1v) is 8.98. The number of phenolic OH excluding ortho intramolecular Hbond substituents is 2.